The Morgan fingerprint density at radius 3 is 2.81 bits per heavy atom. The first-order valence-corrected chi connectivity index (χ1v) is 7.24. The van der Waals surface area contributed by atoms with E-state index in [0.29, 0.717) is 0 Å². The topological polar surface area (TPSA) is 63.1 Å². The van der Waals surface area contributed by atoms with Gasteiger partial charge in [0.1, 0.15) is 10.7 Å². The fourth-order valence-electron chi connectivity index (χ4n) is 1.99. The number of aryl methyl sites for hydroxylation is 1. The van der Waals surface area contributed by atoms with E-state index >= 15 is 0 Å². The molecule has 1 aromatic carbocycles. The largest absolute Gasteiger partial charge is 0.478 e. The fraction of sp³-hybridized carbons (Fsp3) is 0.0625. The van der Waals surface area contributed by atoms with E-state index in [2.05, 4.69) is 9.97 Å². The van der Waals surface area contributed by atoms with Gasteiger partial charge in [-0.25, -0.2) is 9.78 Å². The maximum atomic E-state index is 11.0. The van der Waals surface area contributed by atoms with Gasteiger partial charge in [-0.15, -0.1) is 11.3 Å². The lowest BCUT2D eigenvalue weighted by Gasteiger charge is -1.99. The highest BCUT2D eigenvalue weighted by molar-refractivity contribution is 7.13. The summed E-state index contributed by atoms with van der Waals surface area (Å²) in [5, 5.41) is 11.8. The van der Waals surface area contributed by atoms with Gasteiger partial charge in [0.05, 0.1) is 11.3 Å². The SMILES string of the molecule is Cc1ccnc(-c2csc(-c3cccc(C(=O)O)c3)n2)c1. The van der Waals surface area contributed by atoms with Gasteiger partial charge in [0.25, 0.3) is 0 Å². The van der Waals surface area contributed by atoms with E-state index in [4.69, 9.17) is 5.11 Å². The molecule has 0 aliphatic carbocycles. The molecule has 0 atom stereocenters. The van der Waals surface area contributed by atoms with E-state index in [1.54, 1.807) is 24.4 Å². The number of benzene rings is 1. The lowest BCUT2D eigenvalue weighted by molar-refractivity contribution is 0.0697. The molecule has 2 heterocycles. The van der Waals surface area contributed by atoms with Gasteiger partial charge in [-0.1, -0.05) is 12.1 Å². The van der Waals surface area contributed by atoms with E-state index in [1.165, 1.54) is 11.3 Å². The van der Waals surface area contributed by atoms with Crippen LogP contribution in [-0.2, 0) is 0 Å². The molecule has 0 radical (unpaired) electrons. The highest BCUT2D eigenvalue weighted by Crippen LogP contribution is 2.28. The molecular weight excluding hydrogens is 284 g/mol. The third kappa shape index (κ3) is 2.83. The minimum Gasteiger partial charge on any atom is -0.478 e. The summed E-state index contributed by atoms with van der Waals surface area (Å²) < 4.78 is 0. The first-order chi connectivity index (χ1) is 10.1. The predicted molar refractivity (Wildman–Crippen MR) is 82.5 cm³/mol. The van der Waals surface area contributed by atoms with E-state index in [0.717, 1.165) is 27.5 Å². The summed E-state index contributed by atoms with van der Waals surface area (Å²) in [7, 11) is 0. The molecule has 2 aromatic heterocycles. The summed E-state index contributed by atoms with van der Waals surface area (Å²) in [4.78, 5) is 19.9. The second kappa shape index (κ2) is 5.46. The van der Waals surface area contributed by atoms with Crippen molar-refractivity contribution in [3.63, 3.8) is 0 Å². The summed E-state index contributed by atoms with van der Waals surface area (Å²) in [6, 6.07) is 10.7. The fourth-order valence-corrected chi connectivity index (χ4v) is 2.80. The van der Waals surface area contributed by atoms with Gasteiger partial charge >= 0.3 is 5.97 Å². The molecule has 4 nitrogen and oxygen atoms in total. The molecule has 0 aliphatic rings. The van der Waals surface area contributed by atoms with Crippen LogP contribution in [0.3, 0.4) is 0 Å². The molecule has 3 rings (SSSR count). The quantitative estimate of drug-likeness (QED) is 0.796. The third-order valence-electron chi connectivity index (χ3n) is 3.04. The van der Waals surface area contributed by atoms with Gasteiger partial charge in [0.15, 0.2) is 0 Å². The Bertz CT molecular complexity index is 811. The van der Waals surface area contributed by atoms with Crippen LogP contribution < -0.4 is 0 Å². The van der Waals surface area contributed by atoms with Crippen LogP contribution in [0.15, 0.2) is 48.0 Å². The Balaban J connectivity index is 1.98. The van der Waals surface area contributed by atoms with Crippen molar-refractivity contribution in [2.75, 3.05) is 0 Å². The minimum absolute atomic E-state index is 0.262. The lowest BCUT2D eigenvalue weighted by Crippen LogP contribution is -1.95. The molecule has 104 valence electrons. The standard InChI is InChI=1S/C16H12N2O2S/c1-10-5-6-17-13(7-10)14-9-21-15(18-14)11-3-2-4-12(8-11)16(19)20/h2-9H,1H3,(H,19,20). The van der Waals surface area contributed by atoms with Crippen molar-refractivity contribution in [2.45, 2.75) is 6.92 Å². The number of carboxylic acid groups (broad SMARTS) is 1. The Morgan fingerprint density at radius 1 is 1.19 bits per heavy atom. The van der Waals surface area contributed by atoms with Crippen molar-refractivity contribution >= 4 is 17.3 Å². The zero-order valence-corrected chi connectivity index (χ0v) is 12.1. The molecular formula is C16H12N2O2S. The monoisotopic (exact) mass is 296 g/mol. The van der Waals surface area contributed by atoms with Crippen LogP contribution in [-0.4, -0.2) is 21.0 Å². The summed E-state index contributed by atoms with van der Waals surface area (Å²) >= 11 is 1.48. The molecule has 0 amide bonds. The van der Waals surface area contributed by atoms with Gasteiger partial charge < -0.3 is 5.11 Å². The van der Waals surface area contributed by atoms with Crippen LogP contribution in [0.25, 0.3) is 22.0 Å². The van der Waals surface area contributed by atoms with Gasteiger partial charge in [0.2, 0.25) is 0 Å². The van der Waals surface area contributed by atoms with E-state index in [9.17, 15) is 4.79 Å². The van der Waals surface area contributed by atoms with Crippen LogP contribution in [0.4, 0.5) is 0 Å². The highest BCUT2D eigenvalue weighted by Gasteiger charge is 2.10. The molecule has 0 fully saturated rings. The molecule has 21 heavy (non-hydrogen) atoms. The molecule has 3 aromatic rings. The number of hydrogen-bond acceptors (Lipinski definition) is 4. The number of nitrogens with zero attached hydrogens (tertiary/aromatic N) is 2. The average molecular weight is 296 g/mol. The zero-order chi connectivity index (χ0) is 14.8. The van der Waals surface area contributed by atoms with Gasteiger partial charge in [-0.05, 0) is 36.8 Å². The minimum atomic E-state index is -0.936. The van der Waals surface area contributed by atoms with Crippen LogP contribution in [0.2, 0.25) is 0 Å². The average Bonchev–Trinajstić information content (AvgIpc) is 2.97. The number of thiazole rings is 1. The summed E-state index contributed by atoms with van der Waals surface area (Å²) in [5.74, 6) is -0.936. The van der Waals surface area contributed by atoms with Crippen molar-refractivity contribution in [2.24, 2.45) is 0 Å². The lowest BCUT2D eigenvalue weighted by atomic mass is 10.1. The van der Waals surface area contributed by atoms with Crippen molar-refractivity contribution in [3.05, 3.63) is 59.1 Å². The predicted octanol–water partition coefficient (Wildman–Crippen LogP) is 3.88. The van der Waals surface area contributed by atoms with Crippen molar-refractivity contribution < 1.29 is 9.90 Å². The first kappa shape index (κ1) is 13.5. The second-order valence-electron chi connectivity index (χ2n) is 4.64. The molecule has 0 saturated heterocycles. The number of carbonyl (C=O) groups is 1. The molecule has 1 N–H and O–H groups in total. The number of hydrogen-bond donors (Lipinski definition) is 1. The molecule has 5 heteroatoms. The summed E-state index contributed by atoms with van der Waals surface area (Å²) in [6.07, 6.45) is 1.76. The summed E-state index contributed by atoms with van der Waals surface area (Å²) in [5.41, 5.74) is 3.82. The molecule has 0 aliphatic heterocycles. The van der Waals surface area contributed by atoms with E-state index < -0.39 is 5.97 Å². The molecule has 0 saturated carbocycles. The molecule has 0 unspecified atom stereocenters. The maximum absolute atomic E-state index is 11.0. The van der Waals surface area contributed by atoms with E-state index in [1.807, 2.05) is 30.5 Å². The van der Waals surface area contributed by atoms with Crippen LogP contribution in [0, 0.1) is 6.92 Å². The van der Waals surface area contributed by atoms with Gasteiger partial charge in [-0.3, -0.25) is 4.98 Å². The number of rotatable bonds is 3. The molecule has 0 spiro atoms. The highest BCUT2D eigenvalue weighted by atomic mass is 32.1. The number of pyridine rings is 1. The van der Waals surface area contributed by atoms with Gasteiger partial charge in [0, 0.05) is 17.1 Å². The van der Waals surface area contributed by atoms with Crippen molar-refractivity contribution in [3.8, 4) is 22.0 Å². The Morgan fingerprint density at radius 2 is 2.05 bits per heavy atom. The van der Waals surface area contributed by atoms with Crippen molar-refractivity contribution in [1.82, 2.24) is 9.97 Å². The second-order valence-corrected chi connectivity index (χ2v) is 5.50. The Hall–Kier alpha value is -2.53. The smallest absolute Gasteiger partial charge is 0.335 e. The van der Waals surface area contributed by atoms with E-state index in [-0.39, 0.29) is 5.56 Å². The van der Waals surface area contributed by atoms with Crippen LogP contribution in [0.1, 0.15) is 15.9 Å². The maximum Gasteiger partial charge on any atom is 0.335 e. The Kier molecular flexibility index (Phi) is 3.50. The summed E-state index contributed by atoms with van der Waals surface area (Å²) in [6.45, 7) is 2.01. The van der Waals surface area contributed by atoms with Gasteiger partial charge in [-0.2, -0.15) is 0 Å². The third-order valence-corrected chi connectivity index (χ3v) is 3.93. The normalized spacial score (nSPS) is 10.5. The van der Waals surface area contributed by atoms with Crippen LogP contribution in [0.5, 0.6) is 0 Å². The Labute approximate surface area is 125 Å². The number of carboxylic acids is 1. The zero-order valence-electron chi connectivity index (χ0n) is 11.3. The first-order valence-electron chi connectivity index (χ1n) is 6.36. The number of aromatic carboxylic acids is 1. The van der Waals surface area contributed by atoms with Crippen LogP contribution >= 0.6 is 11.3 Å². The number of aromatic nitrogens is 2. The molecule has 0 bridgehead atoms. The van der Waals surface area contributed by atoms with Crippen molar-refractivity contribution in [1.29, 1.82) is 0 Å².